The van der Waals surface area contributed by atoms with E-state index in [1.165, 1.54) is 10.6 Å². The van der Waals surface area contributed by atoms with Crippen LogP contribution in [0.3, 0.4) is 0 Å². The van der Waals surface area contributed by atoms with Crippen LogP contribution in [0.25, 0.3) is 0 Å². The number of carbonyl (C=O) groups is 1. The topological polar surface area (TPSA) is 92.5 Å². The monoisotopic (exact) mass is 305 g/mol. The molecule has 0 atom stereocenters. The largest absolute Gasteiger partial charge is 0.356 e. The number of hydrogen-bond donors (Lipinski definition) is 2. The predicted octanol–water partition coefficient (Wildman–Crippen LogP) is 0.436. The molecule has 1 aliphatic rings. The lowest BCUT2D eigenvalue weighted by atomic mass is 9.94. The van der Waals surface area contributed by atoms with Crippen LogP contribution in [0.15, 0.2) is 0 Å². The highest BCUT2D eigenvalue weighted by atomic mass is 32.2. The summed E-state index contributed by atoms with van der Waals surface area (Å²) in [6.45, 7) is 3.18. The summed E-state index contributed by atoms with van der Waals surface area (Å²) in [5.74, 6) is -0.0307. The van der Waals surface area contributed by atoms with E-state index in [0.717, 1.165) is 25.7 Å². The van der Waals surface area contributed by atoms with Crippen molar-refractivity contribution in [2.45, 2.75) is 51.0 Å². The third-order valence-corrected chi connectivity index (χ3v) is 5.22. The number of rotatable bonds is 8. The Hall–Kier alpha value is -0.660. The first kappa shape index (κ1) is 17.4. The zero-order valence-electron chi connectivity index (χ0n) is 12.5. The van der Waals surface area contributed by atoms with E-state index in [2.05, 4.69) is 5.32 Å². The molecule has 0 saturated heterocycles. The Morgan fingerprint density at radius 3 is 2.45 bits per heavy atom. The lowest BCUT2D eigenvalue weighted by Gasteiger charge is -2.22. The molecule has 1 saturated carbocycles. The van der Waals surface area contributed by atoms with E-state index in [-0.39, 0.29) is 11.4 Å². The molecule has 1 aliphatic carbocycles. The maximum Gasteiger partial charge on any atom is 0.221 e. The van der Waals surface area contributed by atoms with Crippen LogP contribution >= 0.6 is 0 Å². The smallest absolute Gasteiger partial charge is 0.221 e. The van der Waals surface area contributed by atoms with Crippen LogP contribution in [0.1, 0.15) is 45.4 Å². The third kappa shape index (κ3) is 5.76. The van der Waals surface area contributed by atoms with Gasteiger partial charge in [0, 0.05) is 31.6 Å². The summed E-state index contributed by atoms with van der Waals surface area (Å²) in [5, 5.41) is 2.83. The zero-order chi connectivity index (χ0) is 15.2. The Labute approximate surface area is 122 Å². The summed E-state index contributed by atoms with van der Waals surface area (Å²) in [5.41, 5.74) is 5.82. The van der Waals surface area contributed by atoms with Crippen LogP contribution in [-0.2, 0) is 14.8 Å². The molecule has 0 aliphatic heterocycles. The first-order valence-corrected chi connectivity index (χ1v) is 9.12. The van der Waals surface area contributed by atoms with E-state index in [1.807, 2.05) is 0 Å². The van der Waals surface area contributed by atoms with Crippen molar-refractivity contribution in [1.29, 1.82) is 0 Å². The van der Waals surface area contributed by atoms with Gasteiger partial charge >= 0.3 is 0 Å². The Bertz CT molecular complexity index is 417. The first-order valence-electron chi connectivity index (χ1n) is 7.27. The second-order valence-corrected chi connectivity index (χ2v) is 7.69. The molecule has 0 bridgehead atoms. The Morgan fingerprint density at radius 1 is 1.35 bits per heavy atom. The lowest BCUT2D eigenvalue weighted by molar-refractivity contribution is -0.122. The molecule has 0 aromatic rings. The first-order chi connectivity index (χ1) is 9.27. The molecule has 6 nitrogen and oxygen atoms in total. The van der Waals surface area contributed by atoms with E-state index in [9.17, 15) is 13.2 Å². The Morgan fingerprint density at radius 2 is 1.95 bits per heavy atom. The van der Waals surface area contributed by atoms with Crippen LogP contribution in [0.4, 0.5) is 0 Å². The van der Waals surface area contributed by atoms with Crippen molar-refractivity contribution >= 4 is 15.9 Å². The van der Waals surface area contributed by atoms with Gasteiger partial charge in [-0.15, -0.1) is 0 Å². The van der Waals surface area contributed by atoms with Crippen LogP contribution in [-0.4, -0.2) is 50.1 Å². The van der Waals surface area contributed by atoms with E-state index in [1.54, 1.807) is 6.92 Å². The van der Waals surface area contributed by atoms with Gasteiger partial charge in [0.15, 0.2) is 0 Å². The van der Waals surface area contributed by atoms with Crippen molar-refractivity contribution in [3.05, 3.63) is 0 Å². The lowest BCUT2D eigenvalue weighted by Crippen LogP contribution is -2.42. The van der Waals surface area contributed by atoms with Crippen molar-refractivity contribution in [1.82, 2.24) is 9.62 Å². The van der Waals surface area contributed by atoms with Gasteiger partial charge in [0.2, 0.25) is 15.9 Å². The third-order valence-electron chi connectivity index (χ3n) is 3.84. The second-order valence-electron chi connectivity index (χ2n) is 5.70. The van der Waals surface area contributed by atoms with Crippen molar-refractivity contribution in [3.63, 3.8) is 0 Å². The summed E-state index contributed by atoms with van der Waals surface area (Å²) in [6, 6.07) is 0. The standard InChI is InChI=1S/C13H27N3O3S/c1-3-16(20(2,18)19)10-6-9-15-12(17)11-13(14)7-4-5-8-13/h3-11,14H2,1-2H3,(H,15,17). The number of hydrogen-bond acceptors (Lipinski definition) is 4. The van der Waals surface area contributed by atoms with Crippen molar-refractivity contribution in [2.24, 2.45) is 5.73 Å². The van der Waals surface area contributed by atoms with Gasteiger partial charge in [-0.3, -0.25) is 4.79 Å². The second kappa shape index (κ2) is 7.38. The van der Waals surface area contributed by atoms with Crippen molar-refractivity contribution in [3.8, 4) is 0 Å². The van der Waals surface area contributed by atoms with E-state index < -0.39 is 10.0 Å². The van der Waals surface area contributed by atoms with E-state index >= 15 is 0 Å². The van der Waals surface area contributed by atoms with Gasteiger partial charge in [-0.1, -0.05) is 19.8 Å². The van der Waals surface area contributed by atoms with E-state index in [4.69, 9.17) is 5.73 Å². The maximum absolute atomic E-state index is 11.8. The number of nitrogens with one attached hydrogen (secondary N) is 1. The highest BCUT2D eigenvalue weighted by Gasteiger charge is 2.31. The quantitative estimate of drug-likeness (QED) is 0.636. The van der Waals surface area contributed by atoms with Gasteiger partial charge in [0.1, 0.15) is 0 Å². The Kier molecular flexibility index (Phi) is 6.42. The molecule has 1 fully saturated rings. The summed E-state index contributed by atoms with van der Waals surface area (Å²) < 4.78 is 24.2. The fourth-order valence-electron chi connectivity index (χ4n) is 2.68. The number of nitrogens with zero attached hydrogens (tertiary/aromatic N) is 1. The van der Waals surface area contributed by atoms with Crippen LogP contribution in [0.5, 0.6) is 0 Å². The fourth-order valence-corrected chi connectivity index (χ4v) is 3.61. The van der Waals surface area contributed by atoms with Crippen LogP contribution in [0, 0.1) is 0 Å². The molecule has 0 aromatic heterocycles. The zero-order valence-corrected chi connectivity index (χ0v) is 13.3. The average molecular weight is 305 g/mol. The molecule has 20 heavy (non-hydrogen) atoms. The van der Waals surface area contributed by atoms with Crippen LogP contribution < -0.4 is 11.1 Å². The summed E-state index contributed by atoms with van der Waals surface area (Å²) in [6.07, 6.45) is 6.22. The molecular formula is C13H27N3O3S. The van der Waals surface area contributed by atoms with E-state index in [0.29, 0.717) is 32.5 Å². The summed E-state index contributed by atoms with van der Waals surface area (Å²) in [7, 11) is -3.14. The minimum atomic E-state index is -3.14. The van der Waals surface area contributed by atoms with Gasteiger partial charge in [0.05, 0.1) is 6.26 Å². The number of amides is 1. The molecule has 3 N–H and O–H groups in total. The molecule has 0 unspecified atom stereocenters. The minimum absolute atomic E-state index is 0.0307. The minimum Gasteiger partial charge on any atom is -0.356 e. The predicted molar refractivity (Wildman–Crippen MR) is 79.7 cm³/mol. The Balaban J connectivity index is 2.22. The number of sulfonamides is 1. The average Bonchev–Trinajstić information content (AvgIpc) is 2.73. The molecule has 0 spiro atoms. The molecule has 0 radical (unpaired) electrons. The van der Waals surface area contributed by atoms with Gasteiger partial charge in [-0.25, -0.2) is 12.7 Å². The van der Waals surface area contributed by atoms with Gasteiger partial charge in [-0.2, -0.15) is 0 Å². The van der Waals surface area contributed by atoms with Gasteiger partial charge in [0.25, 0.3) is 0 Å². The molecule has 0 heterocycles. The maximum atomic E-state index is 11.8. The highest BCUT2D eigenvalue weighted by molar-refractivity contribution is 7.88. The van der Waals surface area contributed by atoms with Gasteiger partial charge in [-0.05, 0) is 19.3 Å². The van der Waals surface area contributed by atoms with Gasteiger partial charge < -0.3 is 11.1 Å². The normalized spacial score (nSPS) is 18.4. The molecule has 1 rings (SSSR count). The SMILES string of the molecule is CCN(CCCNC(=O)CC1(N)CCCC1)S(C)(=O)=O. The molecule has 0 aromatic carbocycles. The fraction of sp³-hybridized carbons (Fsp3) is 0.923. The highest BCUT2D eigenvalue weighted by Crippen LogP contribution is 2.29. The van der Waals surface area contributed by atoms with Crippen molar-refractivity contribution in [2.75, 3.05) is 25.9 Å². The number of nitrogens with two attached hydrogens (primary N) is 1. The molecular weight excluding hydrogens is 278 g/mol. The summed E-state index contributed by atoms with van der Waals surface area (Å²) >= 11 is 0. The molecule has 7 heteroatoms. The number of carbonyl (C=O) groups excluding carboxylic acids is 1. The van der Waals surface area contributed by atoms with Crippen LogP contribution in [0.2, 0.25) is 0 Å². The molecule has 118 valence electrons. The summed E-state index contributed by atoms with van der Waals surface area (Å²) in [4.78, 5) is 11.8. The molecule has 1 amide bonds. The van der Waals surface area contributed by atoms with Crippen molar-refractivity contribution < 1.29 is 13.2 Å².